The van der Waals surface area contributed by atoms with Gasteiger partial charge in [0.25, 0.3) is 5.91 Å². The number of benzene rings is 2. The second-order valence-corrected chi connectivity index (χ2v) is 6.64. The molecule has 0 heterocycles. The van der Waals surface area contributed by atoms with Gasteiger partial charge in [-0.3, -0.25) is 4.79 Å². The van der Waals surface area contributed by atoms with Gasteiger partial charge in [-0.15, -0.1) is 0 Å². The van der Waals surface area contributed by atoms with Gasteiger partial charge in [-0.25, -0.2) is 4.79 Å². The minimum absolute atomic E-state index is 0.366. The molecule has 0 radical (unpaired) electrons. The molecule has 29 heavy (non-hydrogen) atoms. The Morgan fingerprint density at radius 1 is 1.21 bits per heavy atom. The Balaban J connectivity index is 1.98. The lowest BCUT2D eigenvalue weighted by molar-refractivity contribution is -0.148. The standard InChI is InChI=1S/C22H24ClNO5/c1-5-28-21-18(23)12-16(13-19(21)27-4)8-11-20(25)29-15(3)22(26)24-17-9-6-14(2)7-10-17/h6-13,15H,5H2,1-4H3,(H,24,26)/b11-8+/t15-/m0/s1. The Morgan fingerprint density at radius 2 is 1.90 bits per heavy atom. The zero-order valence-electron chi connectivity index (χ0n) is 16.8. The normalized spacial score (nSPS) is 11.8. The molecule has 0 aliphatic heterocycles. The number of aryl methyl sites for hydroxylation is 1. The van der Waals surface area contributed by atoms with Gasteiger partial charge in [0, 0.05) is 11.8 Å². The summed E-state index contributed by atoms with van der Waals surface area (Å²) in [7, 11) is 1.50. The molecule has 0 fully saturated rings. The number of carbonyl (C=O) groups excluding carboxylic acids is 2. The van der Waals surface area contributed by atoms with Crippen LogP contribution in [0.25, 0.3) is 6.08 Å². The van der Waals surface area contributed by atoms with E-state index in [2.05, 4.69) is 5.32 Å². The van der Waals surface area contributed by atoms with Crippen molar-refractivity contribution >= 4 is 35.2 Å². The molecule has 2 rings (SSSR count). The molecule has 1 atom stereocenters. The van der Waals surface area contributed by atoms with Crippen molar-refractivity contribution in [1.82, 2.24) is 0 Å². The number of rotatable bonds is 8. The average molecular weight is 418 g/mol. The number of hydrogen-bond acceptors (Lipinski definition) is 5. The minimum Gasteiger partial charge on any atom is -0.493 e. The number of hydrogen-bond donors (Lipinski definition) is 1. The molecular formula is C22H24ClNO5. The lowest BCUT2D eigenvalue weighted by Crippen LogP contribution is -2.29. The van der Waals surface area contributed by atoms with Crippen molar-refractivity contribution in [1.29, 1.82) is 0 Å². The number of esters is 1. The van der Waals surface area contributed by atoms with Crippen LogP contribution in [-0.4, -0.2) is 31.7 Å². The third-order valence-electron chi connectivity index (χ3n) is 3.93. The summed E-state index contributed by atoms with van der Waals surface area (Å²) in [6, 6.07) is 10.7. The van der Waals surface area contributed by atoms with Crippen LogP contribution < -0.4 is 14.8 Å². The highest BCUT2D eigenvalue weighted by atomic mass is 35.5. The van der Waals surface area contributed by atoms with E-state index in [9.17, 15) is 9.59 Å². The van der Waals surface area contributed by atoms with E-state index in [1.807, 2.05) is 26.0 Å². The molecule has 0 bridgehead atoms. The maximum atomic E-state index is 12.2. The second kappa shape index (κ2) is 10.5. The van der Waals surface area contributed by atoms with Gasteiger partial charge >= 0.3 is 5.97 Å². The molecule has 7 heteroatoms. The minimum atomic E-state index is -0.952. The maximum Gasteiger partial charge on any atom is 0.331 e. The predicted octanol–water partition coefficient (Wildman–Crippen LogP) is 4.64. The van der Waals surface area contributed by atoms with E-state index in [0.717, 1.165) is 5.56 Å². The average Bonchev–Trinajstić information content (AvgIpc) is 2.69. The first-order valence-electron chi connectivity index (χ1n) is 9.10. The number of nitrogens with one attached hydrogen (secondary N) is 1. The van der Waals surface area contributed by atoms with E-state index >= 15 is 0 Å². The lowest BCUT2D eigenvalue weighted by Gasteiger charge is -2.13. The van der Waals surface area contributed by atoms with Crippen molar-refractivity contribution in [2.45, 2.75) is 26.9 Å². The molecule has 0 unspecified atom stereocenters. The summed E-state index contributed by atoms with van der Waals surface area (Å²) in [6.07, 6.45) is 1.80. The van der Waals surface area contributed by atoms with Gasteiger partial charge in [0.2, 0.25) is 0 Å². The first-order chi connectivity index (χ1) is 13.8. The van der Waals surface area contributed by atoms with Gasteiger partial charge < -0.3 is 19.5 Å². The van der Waals surface area contributed by atoms with E-state index < -0.39 is 18.0 Å². The quantitative estimate of drug-likeness (QED) is 0.500. The van der Waals surface area contributed by atoms with Gasteiger partial charge in [-0.05, 0) is 56.7 Å². The zero-order chi connectivity index (χ0) is 21.4. The van der Waals surface area contributed by atoms with Crippen LogP contribution in [-0.2, 0) is 14.3 Å². The van der Waals surface area contributed by atoms with E-state index in [1.165, 1.54) is 26.2 Å². The van der Waals surface area contributed by atoms with Gasteiger partial charge in [-0.2, -0.15) is 0 Å². The van der Waals surface area contributed by atoms with Crippen molar-refractivity contribution in [3.8, 4) is 11.5 Å². The maximum absolute atomic E-state index is 12.2. The summed E-state index contributed by atoms with van der Waals surface area (Å²) in [4.78, 5) is 24.2. The highest BCUT2D eigenvalue weighted by molar-refractivity contribution is 6.32. The molecule has 2 aromatic carbocycles. The number of ether oxygens (including phenoxy) is 3. The topological polar surface area (TPSA) is 73.9 Å². The molecular weight excluding hydrogens is 394 g/mol. The van der Waals surface area contributed by atoms with Crippen LogP contribution in [0.4, 0.5) is 5.69 Å². The van der Waals surface area contributed by atoms with Gasteiger partial charge in [-0.1, -0.05) is 29.3 Å². The van der Waals surface area contributed by atoms with Crippen LogP contribution in [0, 0.1) is 6.92 Å². The Hall–Kier alpha value is -2.99. The van der Waals surface area contributed by atoms with Crippen LogP contribution >= 0.6 is 11.6 Å². The largest absolute Gasteiger partial charge is 0.493 e. The number of methoxy groups -OCH3 is 1. The summed E-state index contributed by atoms with van der Waals surface area (Å²) in [5.41, 5.74) is 2.35. The smallest absolute Gasteiger partial charge is 0.331 e. The molecule has 0 aliphatic carbocycles. The molecule has 0 saturated heterocycles. The Labute approximate surface area is 175 Å². The van der Waals surface area contributed by atoms with Crippen LogP contribution in [0.2, 0.25) is 5.02 Å². The fourth-order valence-corrected chi connectivity index (χ4v) is 2.71. The van der Waals surface area contributed by atoms with Gasteiger partial charge in [0.1, 0.15) is 0 Å². The van der Waals surface area contributed by atoms with Crippen LogP contribution in [0.3, 0.4) is 0 Å². The molecule has 0 aliphatic rings. The van der Waals surface area contributed by atoms with Crippen molar-refractivity contribution in [3.63, 3.8) is 0 Å². The molecule has 6 nitrogen and oxygen atoms in total. The van der Waals surface area contributed by atoms with Crippen LogP contribution in [0.15, 0.2) is 42.5 Å². The Bertz CT molecular complexity index is 893. The lowest BCUT2D eigenvalue weighted by atomic mass is 10.2. The fourth-order valence-electron chi connectivity index (χ4n) is 2.43. The Kier molecular flexibility index (Phi) is 8.09. The van der Waals surface area contributed by atoms with E-state index in [-0.39, 0.29) is 0 Å². The Morgan fingerprint density at radius 3 is 2.52 bits per heavy atom. The fraction of sp³-hybridized carbons (Fsp3) is 0.273. The molecule has 0 saturated carbocycles. The summed E-state index contributed by atoms with van der Waals surface area (Å²) in [5.74, 6) is -0.169. The summed E-state index contributed by atoms with van der Waals surface area (Å²) >= 11 is 6.21. The number of carbonyl (C=O) groups is 2. The second-order valence-electron chi connectivity index (χ2n) is 6.23. The van der Waals surface area contributed by atoms with E-state index in [0.29, 0.717) is 34.4 Å². The number of anilines is 1. The van der Waals surface area contributed by atoms with Gasteiger partial charge in [0.05, 0.1) is 18.7 Å². The number of halogens is 1. The number of amides is 1. The van der Waals surface area contributed by atoms with Crippen LogP contribution in [0.5, 0.6) is 11.5 Å². The first-order valence-corrected chi connectivity index (χ1v) is 9.48. The third kappa shape index (κ3) is 6.54. The van der Waals surface area contributed by atoms with E-state index in [1.54, 1.807) is 24.3 Å². The predicted molar refractivity (Wildman–Crippen MR) is 114 cm³/mol. The highest BCUT2D eigenvalue weighted by Crippen LogP contribution is 2.36. The third-order valence-corrected chi connectivity index (χ3v) is 4.21. The molecule has 2 aromatic rings. The summed E-state index contributed by atoms with van der Waals surface area (Å²) in [5, 5.41) is 3.07. The molecule has 154 valence electrons. The highest BCUT2D eigenvalue weighted by Gasteiger charge is 2.17. The molecule has 1 amide bonds. The zero-order valence-corrected chi connectivity index (χ0v) is 17.6. The monoisotopic (exact) mass is 417 g/mol. The van der Waals surface area contributed by atoms with Crippen molar-refractivity contribution in [3.05, 3.63) is 58.6 Å². The summed E-state index contributed by atoms with van der Waals surface area (Å²) in [6.45, 7) is 5.75. The first kappa shape index (κ1) is 22.3. The summed E-state index contributed by atoms with van der Waals surface area (Å²) < 4.78 is 15.9. The molecule has 0 spiro atoms. The van der Waals surface area contributed by atoms with E-state index in [4.69, 9.17) is 25.8 Å². The van der Waals surface area contributed by atoms with Crippen LogP contribution in [0.1, 0.15) is 25.0 Å². The van der Waals surface area contributed by atoms with Crippen molar-refractivity contribution in [2.75, 3.05) is 19.0 Å². The molecule has 1 N–H and O–H groups in total. The molecule has 0 aromatic heterocycles. The van der Waals surface area contributed by atoms with Gasteiger partial charge in [0.15, 0.2) is 17.6 Å². The SMILES string of the molecule is CCOc1c(Cl)cc(/C=C/C(=O)O[C@@H](C)C(=O)Nc2ccc(C)cc2)cc1OC. The van der Waals surface area contributed by atoms with Crippen molar-refractivity contribution in [2.24, 2.45) is 0 Å². The van der Waals surface area contributed by atoms with Crippen molar-refractivity contribution < 1.29 is 23.8 Å².